The normalized spacial score (nSPS) is 29.2. The molecule has 1 aromatic carbocycles. The maximum absolute atomic E-state index is 13.7. The molecule has 1 aromatic rings. The number of rotatable bonds is 8. The first-order valence-corrected chi connectivity index (χ1v) is 13.0. The number of alkyl carbamates (subject to hydrolysis) is 1. The van der Waals surface area contributed by atoms with Gasteiger partial charge >= 0.3 is 18.0 Å². The SMILES string of the molecule is Cc1cc(SC[C@@H]2[C@@H](O)[C@H]3[C@H](C(=O)OCCl)[C@H]3[C@]2(NC(=O)OC(C)(C)C)C(=O)OCCl)ccc1F. The Labute approximate surface area is 217 Å². The van der Waals surface area contributed by atoms with Crippen LogP contribution in [-0.4, -0.2) is 58.3 Å². The molecule has 0 saturated heterocycles. The quantitative estimate of drug-likeness (QED) is 0.217. The van der Waals surface area contributed by atoms with Crippen LogP contribution in [0.5, 0.6) is 0 Å². The Morgan fingerprint density at radius 2 is 1.86 bits per heavy atom. The van der Waals surface area contributed by atoms with Gasteiger partial charge in [0, 0.05) is 28.4 Å². The lowest BCUT2D eigenvalue weighted by Crippen LogP contribution is -2.63. The number of ether oxygens (including phenoxy) is 3. The second-order valence-electron chi connectivity index (χ2n) is 9.56. The Hall–Kier alpha value is -1.75. The van der Waals surface area contributed by atoms with Crippen LogP contribution in [-0.2, 0) is 23.8 Å². The minimum atomic E-state index is -1.82. The van der Waals surface area contributed by atoms with Gasteiger partial charge in [0.2, 0.25) is 0 Å². The van der Waals surface area contributed by atoms with Crippen LogP contribution in [0.3, 0.4) is 0 Å². The van der Waals surface area contributed by atoms with Crippen molar-refractivity contribution < 1.29 is 38.1 Å². The van der Waals surface area contributed by atoms with Crippen molar-refractivity contribution >= 4 is 53.0 Å². The Morgan fingerprint density at radius 3 is 2.43 bits per heavy atom. The molecule has 0 spiro atoms. The summed E-state index contributed by atoms with van der Waals surface area (Å²) in [5.41, 5.74) is -2.26. The summed E-state index contributed by atoms with van der Waals surface area (Å²) in [6.45, 7) is 6.60. The van der Waals surface area contributed by atoms with Crippen molar-refractivity contribution in [3.63, 3.8) is 0 Å². The standard InChI is InChI=1S/C23H28Cl2FNO7S/c1-11-7-12(5-6-14(11)26)35-8-13-18(28)15-16(19(29)32-9-24)17(15)23(13,20(30)33-10-25)27-21(31)34-22(2,3)4/h5-7,13,15-18,28H,8-10H2,1-4H3,(H,27,31)/t13-,15+,16+,17+,18-,23+/m1/s1. The number of aryl methyl sites for hydroxylation is 1. The van der Waals surface area contributed by atoms with Crippen molar-refractivity contribution in [2.24, 2.45) is 23.7 Å². The van der Waals surface area contributed by atoms with Gasteiger partial charge in [-0.1, -0.05) is 23.2 Å². The molecule has 0 heterocycles. The van der Waals surface area contributed by atoms with Gasteiger partial charge in [-0.25, -0.2) is 14.0 Å². The molecule has 2 aliphatic rings. The number of benzene rings is 1. The lowest BCUT2D eigenvalue weighted by atomic mass is 9.80. The Morgan fingerprint density at radius 1 is 1.20 bits per heavy atom. The third-order valence-corrected chi connectivity index (χ3v) is 7.58. The molecule has 0 aromatic heterocycles. The summed E-state index contributed by atoms with van der Waals surface area (Å²) in [4.78, 5) is 39.5. The van der Waals surface area contributed by atoms with Crippen molar-refractivity contribution in [2.45, 2.75) is 49.8 Å². The fourth-order valence-corrected chi connectivity index (χ4v) is 6.33. The first-order valence-electron chi connectivity index (χ1n) is 10.9. The third kappa shape index (κ3) is 5.65. The number of carbonyl (C=O) groups is 3. The number of amides is 1. The van der Waals surface area contributed by atoms with E-state index in [2.05, 4.69) is 5.32 Å². The molecular weight excluding hydrogens is 524 g/mol. The highest BCUT2D eigenvalue weighted by molar-refractivity contribution is 7.99. The zero-order valence-corrected chi connectivity index (χ0v) is 22.0. The van der Waals surface area contributed by atoms with Crippen molar-refractivity contribution in [1.29, 1.82) is 0 Å². The molecule has 2 saturated carbocycles. The Bertz CT molecular complexity index is 991. The van der Waals surface area contributed by atoms with Gasteiger partial charge in [-0.3, -0.25) is 4.79 Å². The molecule has 0 bridgehead atoms. The number of aliphatic hydroxyl groups excluding tert-OH is 1. The molecule has 194 valence electrons. The van der Waals surface area contributed by atoms with Crippen molar-refractivity contribution in [2.75, 3.05) is 17.9 Å². The predicted molar refractivity (Wildman–Crippen MR) is 128 cm³/mol. The first-order chi connectivity index (χ1) is 16.4. The minimum Gasteiger partial charge on any atom is -0.449 e. The second-order valence-corrected chi connectivity index (χ2v) is 11.1. The average Bonchev–Trinajstić information content (AvgIpc) is 3.45. The minimum absolute atomic E-state index is 0.143. The highest BCUT2D eigenvalue weighted by Gasteiger charge is 2.80. The predicted octanol–water partition coefficient (Wildman–Crippen LogP) is 3.82. The molecule has 8 nitrogen and oxygen atoms in total. The molecule has 2 aliphatic carbocycles. The van der Waals surface area contributed by atoms with Gasteiger partial charge in [-0.2, -0.15) is 0 Å². The van der Waals surface area contributed by atoms with Crippen molar-refractivity contribution in [1.82, 2.24) is 5.32 Å². The van der Waals surface area contributed by atoms with E-state index in [4.69, 9.17) is 37.4 Å². The molecule has 0 unspecified atom stereocenters. The highest BCUT2D eigenvalue weighted by Crippen LogP contribution is 2.65. The summed E-state index contributed by atoms with van der Waals surface area (Å²) in [5.74, 6) is -5.06. The van der Waals surface area contributed by atoms with E-state index >= 15 is 0 Å². The number of esters is 2. The summed E-state index contributed by atoms with van der Waals surface area (Å²) < 4.78 is 29.1. The van der Waals surface area contributed by atoms with E-state index < -0.39 is 71.1 Å². The molecule has 12 heteroatoms. The highest BCUT2D eigenvalue weighted by atomic mass is 35.5. The Kier molecular flexibility index (Phi) is 8.51. The van der Waals surface area contributed by atoms with Gasteiger partial charge in [0.15, 0.2) is 17.7 Å². The topological polar surface area (TPSA) is 111 Å². The van der Waals surface area contributed by atoms with E-state index in [0.29, 0.717) is 10.5 Å². The molecule has 6 atom stereocenters. The average molecular weight is 552 g/mol. The number of hydrogen-bond acceptors (Lipinski definition) is 8. The molecule has 3 rings (SSSR count). The van der Waals surface area contributed by atoms with Crippen molar-refractivity contribution in [3.8, 4) is 0 Å². The summed E-state index contributed by atoms with van der Waals surface area (Å²) in [6.07, 6.45) is -2.08. The molecule has 2 fully saturated rings. The largest absolute Gasteiger partial charge is 0.449 e. The van der Waals surface area contributed by atoms with E-state index in [1.165, 1.54) is 17.8 Å². The molecule has 2 N–H and O–H groups in total. The summed E-state index contributed by atoms with van der Waals surface area (Å²) in [7, 11) is 0. The Balaban J connectivity index is 1.98. The number of nitrogens with one attached hydrogen (secondary N) is 1. The molecule has 35 heavy (non-hydrogen) atoms. The van der Waals surface area contributed by atoms with E-state index in [1.54, 1.807) is 39.8 Å². The zero-order chi connectivity index (χ0) is 26.1. The fraction of sp³-hybridized carbons (Fsp3) is 0.609. The molecular formula is C23H28Cl2FNO7S. The van der Waals surface area contributed by atoms with Gasteiger partial charge in [0.1, 0.15) is 11.4 Å². The van der Waals surface area contributed by atoms with Crippen LogP contribution < -0.4 is 5.32 Å². The first kappa shape index (κ1) is 27.8. The molecule has 0 radical (unpaired) electrons. The lowest BCUT2D eigenvalue weighted by molar-refractivity contribution is -0.155. The fourth-order valence-electron chi connectivity index (χ4n) is 4.86. The van der Waals surface area contributed by atoms with E-state index in [-0.39, 0.29) is 11.6 Å². The number of alkyl halides is 2. The van der Waals surface area contributed by atoms with Crippen LogP contribution in [0.15, 0.2) is 23.1 Å². The number of fused-ring (bicyclic) bond motifs is 1. The van der Waals surface area contributed by atoms with E-state index in [0.717, 1.165) is 0 Å². The lowest BCUT2D eigenvalue weighted by Gasteiger charge is -2.38. The van der Waals surface area contributed by atoms with Gasteiger partial charge in [-0.05, 0) is 51.5 Å². The summed E-state index contributed by atoms with van der Waals surface area (Å²) >= 11 is 12.5. The summed E-state index contributed by atoms with van der Waals surface area (Å²) in [6, 6.07) is 3.65. The maximum atomic E-state index is 13.7. The second kappa shape index (κ2) is 10.7. The summed E-state index contributed by atoms with van der Waals surface area (Å²) in [5, 5.41) is 13.8. The van der Waals surface area contributed by atoms with E-state index in [9.17, 15) is 23.9 Å². The van der Waals surface area contributed by atoms with Crippen LogP contribution in [0, 0.1) is 36.4 Å². The number of hydrogen-bond donors (Lipinski definition) is 2. The van der Waals surface area contributed by atoms with Crippen LogP contribution in [0.2, 0.25) is 0 Å². The van der Waals surface area contributed by atoms with Gasteiger partial charge in [-0.15, -0.1) is 11.8 Å². The van der Waals surface area contributed by atoms with Gasteiger partial charge in [0.05, 0.1) is 12.0 Å². The molecule has 0 aliphatic heterocycles. The number of halogens is 3. The molecule has 1 amide bonds. The van der Waals surface area contributed by atoms with Crippen LogP contribution in [0.25, 0.3) is 0 Å². The van der Waals surface area contributed by atoms with Crippen LogP contribution in [0.1, 0.15) is 26.3 Å². The third-order valence-electron chi connectivity index (χ3n) is 6.25. The monoisotopic (exact) mass is 551 g/mol. The maximum Gasteiger partial charge on any atom is 0.408 e. The number of carbonyl (C=O) groups excluding carboxylic acids is 3. The van der Waals surface area contributed by atoms with Gasteiger partial charge in [0.25, 0.3) is 0 Å². The van der Waals surface area contributed by atoms with Crippen molar-refractivity contribution in [3.05, 3.63) is 29.6 Å². The van der Waals surface area contributed by atoms with Crippen LogP contribution in [0.4, 0.5) is 9.18 Å². The van der Waals surface area contributed by atoms with Crippen LogP contribution >= 0.6 is 35.0 Å². The number of thioether (sulfide) groups is 1. The zero-order valence-electron chi connectivity index (χ0n) is 19.7. The number of aliphatic hydroxyl groups is 1. The van der Waals surface area contributed by atoms with Gasteiger partial charge < -0.3 is 24.6 Å². The smallest absolute Gasteiger partial charge is 0.408 e. The van der Waals surface area contributed by atoms with E-state index in [1.807, 2.05) is 0 Å².